The van der Waals surface area contributed by atoms with Crippen molar-refractivity contribution in [1.29, 1.82) is 0 Å². The topological polar surface area (TPSA) is 15.3 Å². The van der Waals surface area contributed by atoms with Gasteiger partial charge in [0.15, 0.2) is 0 Å². The molecule has 1 N–H and O–H groups in total. The van der Waals surface area contributed by atoms with Crippen molar-refractivity contribution in [2.45, 2.75) is 25.2 Å². The molecule has 1 atom stereocenters. The zero-order chi connectivity index (χ0) is 11.7. The van der Waals surface area contributed by atoms with E-state index >= 15 is 0 Å². The molecule has 92 valence electrons. The number of nitrogens with zero attached hydrogens (tertiary/aromatic N) is 1. The molecule has 2 aliphatic rings. The molecule has 0 bridgehead atoms. The Morgan fingerprint density at radius 3 is 2.76 bits per heavy atom. The van der Waals surface area contributed by atoms with E-state index in [-0.39, 0.29) is 5.82 Å². The molecule has 2 aliphatic heterocycles. The van der Waals surface area contributed by atoms with Gasteiger partial charge in [-0.05, 0) is 37.9 Å². The van der Waals surface area contributed by atoms with Crippen LogP contribution in [0.15, 0.2) is 18.2 Å². The predicted octanol–water partition coefficient (Wildman–Crippen LogP) is 2.50. The summed E-state index contributed by atoms with van der Waals surface area (Å²) in [6.45, 7) is 4.09. The molecule has 3 heteroatoms. The summed E-state index contributed by atoms with van der Waals surface area (Å²) in [4.78, 5) is 2.34. The van der Waals surface area contributed by atoms with Gasteiger partial charge in [0.1, 0.15) is 5.82 Å². The standard InChI is InChI=1S/C14H19FN2/c15-12-4-3-5-13(17-8-1-2-9-17)14(12)11-6-7-16-10-11/h3-5,11,16H,1-2,6-10H2. The molecule has 1 unspecified atom stereocenters. The summed E-state index contributed by atoms with van der Waals surface area (Å²) in [7, 11) is 0. The molecule has 0 saturated carbocycles. The van der Waals surface area contributed by atoms with Gasteiger partial charge in [-0.1, -0.05) is 6.07 Å². The average Bonchev–Trinajstić information content (AvgIpc) is 3.02. The van der Waals surface area contributed by atoms with Crippen LogP contribution in [0.4, 0.5) is 10.1 Å². The minimum absolute atomic E-state index is 0.0249. The quantitative estimate of drug-likeness (QED) is 0.846. The van der Waals surface area contributed by atoms with Crippen LogP contribution >= 0.6 is 0 Å². The second-order valence-corrected chi connectivity index (χ2v) is 5.06. The summed E-state index contributed by atoms with van der Waals surface area (Å²) >= 11 is 0. The molecule has 0 aromatic heterocycles. The van der Waals surface area contributed by atoms with Crippen LogP contribution in [-0.2, 0) is 0 Å². The van der Waals surface area contributed by atoms with Crippen LogP contribution in [0, 0.1) is 5.82 Å². The van der Waals surface area contributed by atoms with Crippen LogP contribution in [0.2, 0.25) is 0 Å². The molecule has 3 rings (SSSR count). The maximum Gasteiger partial charge on any atom is 0.128 e. The molecule has 2 saturated heterocycles. The summed E-state index contributed by atoms with van der Waals surface area (Å²) in [6.07, 6.45) is 3.53. The normalized spacial score (nSPS) is 24.5. The molecule has 1 aromatic carbocycles. The lowest BCUT2D eigenvalue weighted by Crippen LogP contribution is -2.21. The number of anilines is 1. The summed E-state index contributed by atoms with van der Waals surface area (Å²) in [5.41, 5.74) is 2.08. The van der Waals surface area contributed by atoms with Gasteiger partial charge in [-0.2, -0.15) is 0 Å². The van der Waals surface area contributed by atoms with E-state index in [4.69, 9.17) is 0 Å². The second-order valence-electron chi connectivity index (χ2n) is 5.06. The fraction of sp³-hybridized carbons (Fsp3) is 0.571. The summed E-state index contributed by atoms with van der Waals surface area (Å²) in [5, 5.41) is 3.33. The van der Waals surface area contributed by atoms with Crippen molar-refractivity contribution in [2.75, 3.05) is 31.1 Å². The Morgan fingerprint density at radius 2 is 2.06 bits per heavy atom. The monoisotopic (exact) mass is 234 g/mol. The number of rotatable bonds is 2. The largest absolute Gasteiger partial charge is 0.371 e. The Morgan fingerprint density at radius 1 is 1.24 bits per heavy atom. The van der Waals surface area contributed by atoms with Crippen molar-refractivity contribution >= 4 is 5.69 Å². The van der Waals surface area contributed by atoms with Gasteiger partial charge in [-0.3, -0.25) is 0 Å². The zero-order valence-corrected chi connectivity index (χ0v) is 10.1. The first kappa shape index (κ1) is 11.0. The smallest absolute Gasteiger partial charge is 0.128 e. The molecule has 1 aromatic rings. The van der Waals surface area contributed by atoms with Crippen molar-refractivity contribution in [1.82, 2.24) is 5.32 Å². The lowest BCUT2D eigenvalue weighted by Gasteiger charge is -2.24. The predicted molar refractivity (Wildman–Crippen MR) is 68.1 cm³/mol. The Balaban J connectivity index is 1.98. The van der Waals surface area contributed by atoms with Gasteiger partial charge in [-0.15, -0.1) is 0 Å². The van der Waals surface area contributed by atoms with E-state index in [2.05, 4.69) is 16.3 Å². The number of hydrogen-bond donors (Lipinski definition) is 1. The summed E-state index contributed by atoms with van der Waals surface area (Å²) < 4.78 is 14.1. The van der Waals surface area contributed by atoms with Gasteiger partial charge >= 0.3 is 0 Å². The third-order valence-corrected chi connectivity index (χ3v) is 3.95. The first-order valence-corrected chi connectivity index (χ1v) is 6.60. The van der Waals surface area contributed by atoms with E-state index in [9.17, 15) is 4.39 Å². The maximum absolute atomic E-state index is 14.1. The van der Waals surface area contributed by atoms with Gasteiger partial charge in [0.05, 0.1) is 0 Å². The minimum Gasteiger partial charge on any atom is -0.371 e. The van der Waals surface area contributed by atoms with Gasteiger partial charge in [0, 0.05) is 36.8 Å². The lowest BCUT2D eigenvalue weighted by atomic mass is 9.95. The number of halogens is 1. The number of hydrogen-bond acceptors (Lipinski definition) is 2. The summed E-state index contributed by atoms with van der Waals surface area (Å²) in [6, 6.07) is 5.53. The molecule has 2 heterocycles. The van der Waals surface area contributed by atoms with Crippen LogP contribution in [0.3, 0.4) is 0 Å². The van der Waals surface area contributed by atoms with Gasteiger partial charge < -0.3 is 10.2 Å². The molecular weight excluding hydrogens is 215 g/mol. The highest BCUT2D eigenvalue weighted by atomic mass is 19.1. The van der Waals surface area contributed by atoms with Crippen LogP contribution in [0.5, 0.6) is 0 Å². The van der Waals surface area contributed by atoms with Crippen LogP contribution in [0.25, 0.3) is 0 Å². The first-order chi connectivity index (χ1) is 8.36. The molecule has 2 fully saturated rings. The SMILES string of the molecule is Fc1cccc(N2CCCC2)c1C1CCNC1. The van der Waals surface area contributed by atoms with Crippen LogP contribution in [-0.4, -0.2) is 26.2 Å². The molecular formula is C14H19FN2. The minimum atomic E-state index is -0.0249. The van der Waals surface area contributed by atoms with Gasteiger partial charge in [0.2, 0.25) is 0 Å². The van der Waals surface area contributed by atoms with E-state index in [0.717, 1.165) is 43.9 Å². The molecule has 17 heavy (non-hydrogen) atoms. The highest BCUT2D eigenvalue weighted by molar-refractivity contribution is 5.56. The third kappa shape index (κ3) is 2.04. The third-order valence-electron chi connectivity index (χ3n) is 3.95. The Labute approximate surface area is 102 Å². The van der Waals surface area contributed by atoms with Gasteiger partial charge in [0.25, 0.3) is 0 Å². The Hall–Kier alpha value is -1.09. The van der Waals surface area contributed by atoms with Crippen molar-refractivity contribution in [2.24, 2.45) is 0 Å². The fourth-order valence-electron chi connectivity index (χ4n) is 3.06. The summed E-state index contributed by atoms with van der Waals surface area (Å²) in [5.74, 6) is 0.329. The average molecular weight is 234 g/mol. The Bertz CT molecular complexity index is 393. The van der Waals surface area contributed by atoms with Crippen molar-refractivity contribution < 1.29 is 4.39 Å². The van der Waals surface area contributed by atoms with E-state index < -0.39 is 0 Å². The van der Waals surface area contributed by atoms with Crippen molar-refractivity contribution in [3.8, 4) is 0 Å². The second kappa shape index (κ2) is 4.65. The van der Waals surface area contributed by atoms with E-state index in [1.54, 1.807) is 6.07 Å². The van der Waals surface area contributed by atoms with E-state index in [1.165, 1.54) is 12.8 Å². The van der Waals surface area contributed by atoms with Crippen molar-refractivity contribution in [3.05, 3.63) is 29.6 Å². The molecule has 0 aliphatic carbocycles. The van der Waals surface area contributed by atoms with Crippen molar-refractivity contribution in [3.63, 3.8) is 0 Å². The van der Waals surface area contributed by atoms with Crippen LogP contribution < -0.4 is 10.2 Å². The van der Waals surface area contributed by atoms with Crippen LogP contribution in [0.1, 0.15) is 30.7 Å². The first-order valence-electron chi connectivity index (χ1n) is 6.60. The molecule has 0 radical (unpaired) electrons. The number of nitrogens with one attached hydrogen (secondary N) is 1. The van der Waals surface area contributed by atoms with E-state index in [1.807, 2.05) is 6.07 Å². The molecule has 0 amide bonds. The number of benzene rings is 1. The van der Waals surface area contributed by atoms with E-state index in [0.29, 0.717) is 5.92 Å². The lowest BCUT2D eigenvalue weighted by molar-refractivity contribution is 0.587. The Kier molecular flexibility index (Phi) is 3.02. The highest BCUT2D eigenvalue weighted by Gasteiger charge is 2.26. The zero-order valence-electron chi connectivity index (χ0n) is 10.1. The fourth-order valence-corrected chi connectivity index (χ4v) is 3.06. The van der Waals surface area contributed by atoms with Gasteiger partial charge in [-0.25, -0.2) is 4.39 Å². The molecule has 0 spiro atoms. The maximum atomic E-state index is 14.1. The molecule has 2 nitrogen and oxygen atoms in total. The highest BCUT2D eigenvalue weighted by Crippen LogP contribution is 2.35.